The lowest BCUT2D eigenvalue weighted by Gasteiger charge is -2.46. The first-order valence-electron chi connectivity index (χ1n) is 8.08. The van der Waals surface area contributed by atoms with Crippen LogP contribution in [0.1, 0.15) is 72.6 Å². The highest BCUT2D eigenvalue weighted by Gasteiger charge is 2.32. The van der Waals surface area contributed by atoms with Gasteiger partial charge in [0.25, 0.3) is 0 Å². The molecule has 1 fully saturated rings. The summed E-state index contributed by atoms with van der Waals surface area (Å²) in [6, 6.07) is 0.707. The quantitative estimate of drug-likeness (QED) is 0.663. The van der Waals surface area contributed by atoms with E-state index in [2.05, 4.69) is 37.9 Å². The summed E-state index contributed by atoms with van der Waals surface area (Å²) in [6.45, 7) is 13.0. The van der Waals surface area contributed by atoms with Crippen molar-refractivity contribution >= 4 is 0 Å². The molecule has 0 aliphatic carbocycles. The summed E-state index contributed by atoms with van der Waals surface area (Å²) in [4.78, 5) is 2.71. The molecule has 0 bridgehead atoms. The van der Waals surface area contributed by atoms with Crippen LogP contribution < -0.4 is 5.32 Å². The Hall–Kier alpha value is -0.0800. The van der Waals surface area contributed by atoms with Crippen molar-refractivity contribution in [2.45, 2.75) is 84.2 Å². The van der Waals surface area contributed by atoms with Crippen LogP contribution in [0.25, 0.3) is 0 Å². The Bertz CT molecular complexity index is 213. The van der Waals surface area contributed by atoms with Crippen molar-refractivity contribution in [3.05, 3.63) is 0 Å². The highest BCUT2D eigenvalue weighted by molar-refractivity contribution is 4.92. The van der Waals surface area contributed by atoms with E-state index < -0.39 is 0 Å². The predicted molar refractivity (Wildman–Crippen MR) is 81.1 cm³/mol. The summed E-state index contributed by atoms with van der Waals surface area (Å²) in [6.07, 6.45) is 9.67. The second kappa shape index (κ2) is 8.16. The molecule has 0 saturated carbocycles. The number of nitrogens with one attached hydrogen (secondary N) is 1. The fraction of sp³-hybridized carbons (Fsp3) is 1.00. The van der Waals surface area contributed by atoms with E-state index in [1.807, 2.05) is 0 Å². The predicted octanol–water partition coefficient (Wildman–Crippen LogP) is 3.81. The van der Waals surface area contributed by atoms with Gasteiger partial charge in [-0.05, 0) is 33.2 Å². The van der Waals surface area contributed by atoms with Crippen molar-refractivity contribution in [1.29, 1.82) is 0 Å². The van der Waals surface area contributed by atoms with Gasteiger partial charge >= 0.3 is 0 Å². The maximum Gasteiger partial charge on any atom is 0.0278 e. The maximum atomic E-state index is 3.67. The number of nitrogens with zero attached hydrogens (tertiary/aromatic N) is 1. The maximum absolute atomic E-state index is 3.67. The average Bonchev–Trinajstić information content (AvgIpc) is 2.35. The average molecular weight is 254 g/mol. The molecule has 1 aliphatic heterocycles. The van der Waals surface area contributed by atoms with E-state index in [0.717, 1.165) is 6.54 Å². The van der Waals surface area contributed by atoms with E-state index >= 15 is 0 Å². The smallest absolute Gasteiger partial charge is 0.0278 e. The molecule has 1 aliphatic rings. The van der Waals surface area contributed by atoms with Gasteiger partial charge in [-0.1, -0.05) is 46.0 Å². The topological polar surface area (TPSA) is 15.3 Å². The van der Waals surface area contributed by atoms with Gasteiger partial charge in [-0.25, -0.2) is 0 Å². The van der Waals surface area contributed by atoms with Crippen LogP contribution >= 0.6 is 0 Å². The molecular formula is C16H34N2. The van der Waals surface area contributed by atoms with E-state index in [1.54, 1.807) is 0 Å². The van der Waals surface area contributed by atoms with E-state index in [-0.39, 0.29) is 0 Å². The molecule has 1 rings (SSSR count). The SMILES string of the molecule is CCCCCCCCN1CC(CC)NCC1(C)C. The number of unbranched alkanes of at least 4 members (excludes halogenated alkanes) is 5. The third-order valence-electron chi connectivity index (χ3n) is 4.39. The highest BCUT2D eigenvalue weighted by Crippen LogP contribution is 2.20. The van der Waals surface area contributed by atoms with Crippen molar-refractivity contribution in [2.24, 2.45) is 0 Å². The molecule has 2 heteroatoms. The van der Waals surface area contributed by atoms with Crippen LogP contribution in [0.15, 0.2) is 0 Å². The van der Waals surface area contributed by atoms with E-state index in [9.17, 15) is 0 Å². The van der Waals surface area contributed by atoms with Gasteiger partial charge in [0.1, 0.15) is 0 Å². The standard InChI is InChI=1S/C16H34N2/c1-5-7-8-9-10-11-12-18-13-15(6-2)17-14-16(18,3)4/h15,17H,5-14H2,1-4H3. The summed E-state index contributed by atoms with van der Waals surface area (Å²) in [5.41, 5.74) is 0.342. The molecule has 0 aromatic carbocycles. The van der Waals surface area contributed by atoms with E-state index in [0.29, 0.717) is 11.6 Å². The first-order valence-corrected chi connectivity index (χ1v) is 8.08. The fourth-order valence-corrected chi connectivity index (χ4v) is 2.83. The Morgan fingerprint density at radius 2 is 1.72 bits per heavy atom. The van der Waals surface area contributed by atoms with Crippen LogP contribution in [0.2, 0.25) is 0 Å². The van der Waals surface area contributed by atoms with Gasteiger partial charge in [0, 0.05) is 24.7 Å². The van der Waals surface area contributed by atoms with E-state index in [1.165, 1.54) is 58.0 Å². The lowest BCUT2D eigenvalue weighted by molar-refractivity contribution is 0.0634. The van der Waals surface area contributed by atoms with Crippen LogP contribution in [-0.2, 0) is 0 Å². The van der Waals surface area contributed by atoms with Crippen molar-refractivity contribution in [3.63, 3.8) is 0 Å². The molecule has 0 spiro atoms. The molecular weight excluding hydrogens is 220 g/mol. The zero-order valence-electron chi connectivity index (χ0n) is 13.1. The Balaban J connectivity index is 2.21. The Labute approximate surface area is 115 Å². The zero-order chi connectivity index (χ0) is 13.4. The monoisotopic (exact) mass is 254 g/mol. The molecule has 0 aromatic rings. The summed E-state index contributed by atoms with van der Waals surface area (Å²) in [5, 5.41) is 3.67. The molecule has 1 unspecified atom stereocenters. The Kier molecular flexibility index (Phi) is 7.25. The Morgan fingerprint density at radius 1 is 1.06 bits per heavy atom. The van der Waals surface area contributed by atoms with Crippen molar-refractivity contribution in [3.8, 4) is 0 Å². The summed E-state index contributed by atoms with van der Waals surface area (Å²) < 4.78 is 0. The number of hydrogen-bond acceptors (Lipinski definition) is 2. The molecule has 108 valence electrons. The van der Waals surface area contributed by atoms with Gasteiger partial charge < -0.3 is 5.32 Å². The first-order chi connectivity index (χ1) is 8.60. The fourth-order valence-electron chi connectivity index (χ4n) is 2.83. The molecule has 1 N–H and O–H groups in total. The molecule has 0 amide bonds. The molecule has 18 heavy (non-hydrogen) atoms. The molecule has 1 saturated heterocycles. The first kappa shape index (κ1) is 16.0. The third-order valence-corrected chi connectivity index (χ3v) is 4.39. The zero-order valence-corrected chi connectivity index (χ0v) is 13.1. The number of piperazine rings is 1. The third kappa shape index (κ3) is 5.27. The van der Waals surface area contributed by atoms with Gasteiger partial charge in [-0.2, -0.15) is 0 Å². The molecule has 1 atom stereocenters. The van der Waals surface area contributed by atoms with Gasteiger partial charge in [0.15, 0.2) is 0 Å². The lowest BCUT2D eigenvalue weighted by atomic mass is 9.96. The summed E-state index contributed by atoms with van der Waals surface area (Å²) in [7, 11) is 0. The molecule has 2 nitrogen and oxygen atoms in total. The normalized spacial score (nSPS) is 24.3. The second-order valence-corrected chi connectivity index (χ2v) is 6.51. The Morgan fingerprint density at radius 3 is 2.39 bits per heavy atom. The lowest BCUT2D eigenvalue weighted by Crippen LogP contribution is -2.61. The van der Waals surface area contributed by atoms with Crippen molar-refractivity contribution in [1.82, 2.24) is 10.2 Å². The highest BCUT2D eigenvalue weighted by atomic mass is 15.3. The minimum absolute atomic E-state index is 0.342. The van der Waals surface area contributed by atoms with E-state index in [4.69, 9.17) is 0 Å². The van der Waals surface area contributed by atoms with Crippen LogP contribution in [0.4, 0.5) is 0 Å². The largest absolute Gasteiger partial charge is 0.311 e. The van der Waals surface area contributed by atoms with Crippen LogP contribution in [-0.4, -0.2) is 36.1 Å². The second-order valence-electron chi connectivity index (χ2n) is 6.51. The molecule has 1 heterocycles. The molecule has 0 aromatic heterocycles. The number of rotatable bonds is 8. The van der Waals surface area contributed by atoms with Crippen molar-refractivity contribution < 1.29 is 0 Å². The van der Waals surface area contributed by atoms with Gasteiger partial charge in [0.05, 0.1) is 0 Å². The van der Waals surface area contributed by atoms with Crippen LogP contribution in [0.5, 0.6) is 0 Å². The van der Waals surface area contributed by atoms with Crippen LogP contribution in [0.3, 0.4) is 0 Å². The minimum Gasteiger partial charge on any atom is -0.311 e. The number of hydrogen-bond donors (Lipinski definition) is 1. The summed E-state index contributed by atoms with van der Waals surface area (Å²) in [5.74, 6) is 0. The van der Waals surface area contributed by atoms with Gasteiger partial charge in [0.2, 0.25) is 0 Å². The minimum atomic E-state index is 0.342. The van der Waals surface area contributed by atoms with Gasteiger partial charge in [-0.3, -0.25) is 4.90 Å². The van der Waals surface area contributed by atoms with Crippen molar-refractivity contribution in [2.75, 3.05) is 19.6 Å². The van der Waals surface area contributed by atoms with Gasteiger partial charge in [-0.15, -0.1) is 0 Å². The summed E-state index contributed by atoms with van der Waals surface area (Å²) >= 11 is 0. The molecule has 0 radical (unpaired) electrons. The van der Waals surface area contributed by atoms with Crippen LogP contribution in [0, 0.1) is 0 Å².